The topological polar surface area (TPSA) is 77.2 Å². The van der Waals surface area contributed by atoms with Gasteiger partial charge in [0.25, 0.3) is 0 Å². The second-order valence-electron chi connectivity index (χ2n) is 3.88. The number of hydrogen-bond acceptors (Lipinski definition) is 4. The first-order valence-electron chi connectivity index (χ1n) is 5.76. The van der Waals surface area contributed by atoms with Gasteiger partial charge in [-0.2, -0.15) is 0 Å². The molecule has 3 N–H and O–H groups in total. The van der Waals surface area contributed by atoms with E-state index in [2.05, 4.69) is 10.3 Å². The molecular formula is C12H19N3O2. The average molecular weight is 237 g/mol. The van der Waals surface area contributed by atoms with Gasteiger partial charge in [0, 0.05) is 18.5 Å². The Hall–Kier alpha value is -1.62. The number of amides is 1. The predicted molar refractivity (Wildman–Crippen MR) is 66.9 cm³/mol. The number of anilines is 1. The van der Waals surface area contributed by atoms with Gasteiger partial charge in [0.15, 0.2) is 0 Å². The van der Waals surface area contributed by atoms with Crippen LogP contribution in [0.15, 0.2) is 18.3 Å². The molecule has 1 rings (SSSR count). The first-order chi connectivity index (χ1) is 8.11. The molecular weight excluding hydrogens is 218 g/mol. The van der Waals surface area contributed by atoms with Crippen molar-refractivity contribution in [1.82, 2.24) is 4.98 Å². The Morgan fingerprint density at radius 1 is 1.59 bits per heavy atom. The highest BCUT2D eigenvalue weighted by Crippen LogP contribution is 2.12. The SMILES string of the molecule is CCOc1ccc(NC(=O)CCC(C)N)cn1. The summed E-state index contributed by atoms with van der Waals surface area (Å²) in [6.45, 7) is 4.35. The first kappa shape index (κ1) is 13.4. The Bertz CT molecular complexity index is 349. The summed E-state index contributed by atoms with van der Waals surface area (Å²) in [5.41, 5.74) is 6.25. The van der Waals surface area contributed by atoms with Crippen molar-refractivity contribution in [1.29, 1.82) is 0 Å². The van der Waals surface area contributed by atoms with E-state index in [-0.39, 0.29) is 11.9 Å². The van der Waals surface area contributed by atoms with Crippen LogP contribution in [0.1, 0.15) is 26.7 Å². The number of nitrogens with one attached hydrogen (secondary N) is 1. The molecule has 0 radical (unpaired) electrons. The molecule has 5 heteroatoms. The number of carbonyl (C=O) groups excluding carboxylic acids is 1. The van der Waals surface area contributed by atoms with Crippen molar-refractivity contribution in [3.8, 4) is 5.88 Å². The van der Waals surface area contributed by atoms with Crippen molar-refractivity contribution >= 4 is 11.6 Å². The molecule has 0 aliphatic rings. The molecule has 17 heavy (non-hydrogen) atoms. The number of carbonyl (C=O) groups is 1. The quantitative estimate of drug-likeness (QED) is 0.787. The number of hydrogen-bond donors (Lipinski definition) is 2. The minimum absolute atomic E-state index is 0.0409. The van der Waals surface area contributed by atoms with E-state index in [0.717, 1.165) is 0 Å². The fourth-order valence-corrected chi connectivity index (χ4v) is 1.27. The third-order valence-electron chi connectivity index (χ3n) is 2.14. The molecule has 0 bridgehead atoms. The number of nitrogens with two attached hydrogens (primary N) is 1. The number of aromatic nitrogens is 1. The monoisotopic (exact) mass is 237 g/mol. The summed E-state index contributed by atoms with van der Waals surface area (Å²) >= 11 is 0. The van der Waals surface area contributed by atoms with E-state index in [1.807, 2.05) is 13.8 Å². The van der Waals surface area contributed by atoms with Crippen LogP contribution < -0.4 is 15.8 Å². The Kier molecular flexibility index (Phi) is 5.42. The lowest BCUT2D eigenvalue weighted by molar-refractivity contribution is -0.116. The predicted octanol–water partition coefficient (Wildman–Crippen LogP) is 1.55. The molecule has 0 saturated heterocycles. The Morgan fingerprint density at radius 3 is 2.88 bits per heavy atom. The largest absolute Gasteiger partial charge is 0.478 e. The molecule has 0 fully saturated rings. The van der Waals surface area contributed by atoms with E-state index in [0.29, 0.717) is 31.0 Å². The summed E-state index contributed by atoms with van der Waals surface area (Å²) in [5, 5.41) is 2.75. The van der Waals surface area contributed by atoms with Gasteiger partial charge in [0.2, 0.25) is 11.8 Å². The second kappa shape index (κ2) is 6.85. The zero-order valence-electron chi connectivity index (χ0n) is 10.3. The number of pyridine rings is 1. The second-order valence-corrected chi connectivity index (χ2v) is 3.88. The number of nitrogens with zero attached hydrogens (tertiary/aromatic N) is 1. The molecule has 94 valence electrons. The van der Waals surface area contributed by atoms with Crippen molar-refractivity contribution in [2.45, 2.75) is 32.7 Å². The van der Waals surface area contributed by atoms with E-state index in [1.165, 1.54) is 0 Å². The van der Waals surface area contributed by atoms with Crippen LogP contribution in [0.2, 0.25) is 0 Å². The van der Waals surface area contributed by atoms with Gasteiger partial charge in [-0.25, -0.2) is 4.98 Å². The Morgan fingerprint density at radius 2 is 2.35 bits per heavy atom. The highest BCUT2D eigenvalue weighted by Gasteiger charge is 2.04. The van der Waals surface area contributed by atoms with Crippen molar-refractivity contribution in [3.05, 3.63) is 18.3 Å². The Labute approximate surface area is 101 Å². The maximum Gasteiger partial charge on any atom is 0.224 e. The van der Waals surface area contributed by atoms with E-state index >= 15 is 0 Å². The van der Waals surface area contributed by atoms with Crippen LogP contribution in [0.3, 0.4) is 0 Å². The molecule has 5 nitrogen and oxygen atoms in total. The van der Waals surface area contributed by atoms with Gasteiger partial charge in [-0.05, 0) is 26.3 Å². The molecule has 0 spiro atoms. The fourth-order valence-electron chi connectivity index (χ4n) is 1.27. The molecule has 1 heterocycles. The summed E-state index contributed by atoms with van der Waals surface area (Å²) in [4.78, 5) is 15.6. The van der Waals surface area contributed by atoms with E-state index < -0.39 is 0 Å². The smallest absolute Gasteiger partial charge is 0.224 e. The van der Waals surface area contributed by atoms with E-state index in [1.54, 1.807) is 18.3 Å². The van der Waals surface area contributed by atoms with Gasteiger partial charge in [-0.15, -0.1) is 0 Å². The van der Waals surface area contributed by atoms with Gasteiger partial charge in [-0.1, -0.05) is 0 Å². The van der Waals surface area contributed by atoms with E-state index in [9.17, 15) is 4.79 Å². The van der Waals surface area contributed by atoms with Crippen LogP contribution in [0, 0.1) is 0 Å². The van der Waals surface area contributed by atoms with E-state index in [4.69, 9.17) is 10.5 Å². The maximum absolute atomic E-state index is 11.5. The lowest BCUT2D eigenvalue weighted by atomic mass is 10.2. The average Bonchev–Trinajstić information content (AvgIpc) is 2.29. The standard InChI is InChI=1S/C12H19N3O2/c1-3-17-12-7-5-10(8-14-12)15-11(16)6-4-9(2)13/h5,7-9H,3-4,6,13H2,1-2H3,(H,15,16). The molecule has 1 atom stereocenters. The van der Waals surface area contributed by atoms with Crippen LogP contribution in [-0.2, 0) is 4.79 Å². The highest BCUT2D eigenvalue weighted by molar-refractivity contribution is 5.90. The van der Waals surface area contributed by atoms with Crippen LogP contribution in [0.4, 0.5) is 5.69 Å². The van der Waals surface area contributed by atoms with Crippen LogP contribution in [-0.4, -0.2) is 23.5 Å². The summed E-state index contributed by atoms with van der Waals surface area (Å²) in [5.74, 6) is 0.509. The highest BCUT2D eigenvalue weighted by atomic mass is 16.5. The van der Waals surface area contributed by atoms with Crippen molar-refractivity contribution < 1.29 is 9.53 Å². The molecule has 0 saturated carbocycles. The zero-order valence-corrected chi connectivity index (χ0v) is 10.3. The molecule has 1 aromatic heterocycles. The number of rotatable bonds is 6. The summed E-state index contributed by atoms with van der Waals surface area (Å²) in [6, 6.07) is 3.53. The first-order valence-corrected chi connectivity index (χ1v) is 5.76. The minimum Gasteiger partial charge on any atom is -0.478 e. The van der Waals surface area contributed by atoms with Gasteiger partial charge < -0.3 is 15.8 Å². The Balaban J connectivity index is 2.43. The fraction of sp³-hybridized carbons (Fsp3) is 0.500. The van der Waals surface area contributed by atoms with Gasteiger partial charge >= 0.3 is 0 Å². The third kappa shape index (κ3) is 5.31. The lowest BCUT2D eigenvalue weighted by Gasteiger charge is -2.07. The van der Waals surface area contributed by atoms with Crippen LogP contribution in [0.5, 0.6) is 5.88 Å². The van der Waals surface area contributed by atoms with Gasteiger partial charge in [0.1, 0.15) is 0 Å². The summed E-state index contributed by atoms with van der Waals surface area (Å²) in [6.07, 6.45) is 2.68. The summed E-state index contributed by atoms with van der Waals surface area (Å²) in [7, 11) is 0. The third-order valence-corrected chi connectivity index (χ3v) is 2.14. The normalized spacial score (nSPS) is 11.9. The van der Waals surface area contributed by atoms with Crippen LogP contribution >= 0.6 is 0 Å². The number of ether oxygens (including phenoxy) is 1. The zero-order chi connectivity index (χ0) is 12.7. The molecule has 1 amide bonds. The summed E-state index contributed by atoms with van der Waals surface area (Å²) < 4.78 is 5.20. The lowest BCUT2D eigenvalue weighted by Crippen LogP contribution is -2.19. The van der Waals surface area contributed by atoms with Crippen molar-refractivity contribution in [2.24, 2.45) is 5.73 Å². The van der Waals surface area contributed by atoms with Crippen molar-refractivity contribution in [2.75, 3.05) is 11.9 Å². The molecule has 0 aromatic carbocycles. The van der Waals surface area contributed by atoms with Crippen LogP contribution in [0.25, 0.3) is 0 Å². The van der Waals surface area contributed by atoms with Crippen molar-refractivity contribution in [3.63, 3.8) is 0 Å². The molecule has 0 aliphatic carbocycles. The molecule has 0 aliphatic heterocycles. The maximum atomic E-state index is 11.5. The minimum atomic E-state index is -0.0479. The van der Waals surface area contributed by atoms with Gasteiger partial charge in [-0.3, -0.25) is 4.79 Å². The molecule has 1 aromatic rings. The van der Waals surface area contributed by atoms with Gasteiger partial charge in [0.05, 0.1) is 18.5 Å². The molecule has 1 unspecified atom stereocenters.